The van der Waals surface area contributed by atoms with Crippen LogP contribution in [0.25, 0.3) is 10.9 Å². The number of aryl methyl sites for hydroxylation is 1. The molecule has 0 aliphatic rings. The van der Waals surface area contributed by atoms with Crippen LogP contribution in [0.15, 0.2) is 30.5 Å². The summed E-state index contributed by atoms with van der Waals surface area (Å²) in [6.45, 7) is 0.647. The Morgan fingerprint density at radius 3 is 3.20 bits per heavy atom. The van der Waals surface area contributed by atoms with Crippen molar-refractivity contribution < 1.29 is 9.53 Å². The van der Waals surface area contributed by atoms with Gasteiger partial charge in [0.15, 0.2) is 0 Å². The molecule has 0 saturated heterocycles. The Labute approximate surface area is 88.3 Å². The first kappa shape index (κ1) is 9.77. The SMILES string of the molecule is COC(=O)CCn1ccc2cc[c]cc21. The molecule has 0 fully saturated rings. The van der Waals surface area contributed by atoms with Crippen molar-refractivity contribution in [2.24, 2.45) is 0 Å². The molecule has 2 rings (SSSR count). The molecule has 1 heterocycles. The van der Waals surface area contributed by atoms with Crippen molar-refractivity contribution in [3.8, 4) is 0 Å². The van der Waals surface area contributed by atoms with E-state index < -0.39 is 0 Å². The molecule has 0 bridgehead atoms. The third-order valence-corrected chi connectivity index (χ3v) is 2.40. The zero-order valence-electron chi connectivity index (χ0n) is 8.56. The summed E-state index contributed by atoms with van der Waals surface area (Å²) in [5.41, 5.74) is 1.10. The smallest absolute Gasteiger partial charge is 0.307 e. The number of carbonyl (C=O) groups excluding carboxylic acids is 1. The lowest BCUT2D eigenvalue weighted by atomic mass is 10.2. The van der Waals surface area contributed by atoms with Gasteiger partial charge in [0, 0.05) is 18.3 Å². The highest BCUT2D eigenvalue weighted by Gasteiger charge is 2.03. The van der Waals surface area contributed by atoms with E-state index in [9.17, 15) is 4.79 Å². The molecule has 0 spiro atoms. The van der Waals surface area contributed by atoms with E-state index in [0.717, 1.165) is 5.52 Å². The quantitative estimate of drug-likeness (QED) is 0.713. The average molecular weight is 202 g/mol. The number of aromatic nitrogens is 1. The molecule has 2 aromatic rings. The van der Waals surface area contributed by atoms with E-state index in [2.05, 4.69) is 10.8 Å². The van der Waals surface area contributed by atoms with Crippen LogP contribution >= 0.6 is 0 Å². The summed E-state index contributed by atoms with van der Waals surface area (Å²) in [6.07, 6.45) is 2.37. The van der Waals surface area contributed by atoms with Crippen molar-refractivity contribution in [3.63, 3.8) is 0 Å². The lowest BCUT2D eigenvalue weighted by Gasteiger charge is -2.03. The standard InChI is InChI=1S/C12H12NO2/c1-15-12(14)7-9-13-8-6-10-4-2-3-5-11(10)13/h2,4-6,8H,7,9H2,1H3. The molecule has 77 valence electrons. The van der Waals surface area contributed by atoms with Crippen LogP contribution in [0, 0.1) is 6.07 Å². The highest BCUT2D eigenvalue weighted by Crippen LogP contribution is 2.14. The minimum Gasteiger partial charge on any atom is -0.469 e. The Balaban J connectivity index is 2.18. The Hall–Kier alpha value is -1.77. The number of nitrogens with zero attached hydrogens (tertiary/aromatic N) is 1. The van der Waals surface area contributed by atoms with Crippen molar-refractivity contribution in [1.82, 2.24) is 4.57 Å². The molecular weight excluding hydrogens is 190 g/mol. The summed E-state index contributed by atoms with van der Waals surface area (Å²) in [7, 11) is 1.41. The molecular formula is C12H12NO2. The minimum atomic E-state index is -0.184. The molecule has 1 radical (unpaired) electrons. The number of carbonyl (C=O) groups is 1. The van der Waals surface area contributed by atoms with Gasteiger partial charge in [-0.3, -0.25) is 4.79 Å². The van der Waals surface area contributed by atoms with Gasteiger partial charge in [-0.15, -0.1) is 0 Å². The Morgan fingerprint density at radius 1 is 1.53 bits per heavy atom. The van der Waals surface area contributed by atoms with Gasteiger partial charge >= 0.3 is 5.97 Å². The van der Waals surface area contributed by atoms with Crippen LogP contribution in [-0.4, -0.2) is 17.6 Å². The van der Waals surface area contributed by atoms with E-state index in [4.69, 9.17) is 0 Å². The van der Waals surface area contributed by atoms with Crippen LogP contribution < -0.4 is 0 Å². The van der Waals surface area contributed by atoms with Crippen molar-refractivity contribution in [1.29, 1.82) is 0 Å². The number of rotatable bonds is 3. The Morgan fingerprint density at radius 2 is 2.40 bits per heavy atom. The van der Waals surface area contributed by atoms with Crippen LogP contribution in [0.1, 0.15) is 6.42 Å². The van der Waals surface area contributed by atoms with Gasteiger partial charge in [0.05, 0.1) is 13.5 Å². The van der Waals surface area contributed by atoms with Crippen molar-refractivity contribution >= 4 is 16.9 Å². The minimum absolute atomic E-state index is 0.184. The second kappa shape index (κ2) is 4.17. The van der Waals surface area contributed by atoms with Crippen LogP contribution in [0.2, 0.25) is 0 Å². The van der Waals surface area contributed by atoms with E-state index in [1.165, 1.54) is 12.5 Å². The fraction of sp³-hybridized carbons (Fsp3) is 0.250. The van der Waals surface area contributed by atoms with Crippen LogP contribution in [-0.2, 0) is 16.1 Å². The molecule has 1 aromatic heterocycles. The number of methoxy groups -OCH3 is 1. The molecule has 3 nitrogen and oxygen atoms in total. The number of benzene rings is 1. The number of fused-ring (bicyclic) bond motifs is 1. The summed E-state index contributed by atoms with van der Waals surface area (Å²) in [5.74, 6) is -0.184. The van der Waals surface area contributed by atoms with Crippen LogP contribution in [0.5, 0.6) is 0 Å². The molecule has 0 unspecified atom stereocenters. The second-order valence-corrected chi connectivity index (χ2v) is 3.32. The molecule has 1 aromatic carbocycles. The first-order valence-corrected chi connectivity index (χ1v) is 4.83. The van der Waals surface area contributed by atoms with E-state index >= 15 is 0 Å². The lowest BCUT2D eigenvalue weighted by Crippen LogP contribution is -2.05. The Kier molecular flexibility index (Phi) is 2.72. The predicted octanol–water partition coefficient (Wildman–Crippen LogP) is 2.00. The summed E-state index contributed by atoms with van der Waals surface area (Å²) in [6, 6.07) is 10.9. The normalized spacial score (nSPS) is 10.5. The zero-order valence-corrected chi connectivity index (χ0v) is 8.56. The molecule has 0 aliphatic carbocycles. The largest absolute Gasteiger partial charge is 0.469 e. The highest BCUT2D eigenvalue weighted by atomic mass is 16.5. The van der Waals surface area contributed by atoms with Gasteiger partial charge < -0.3 is 9.30 Å². The predicted molar refractivity (Wildman–Crippen MR) is 57.4 cm³/mol. The third-order valence-electron chi connectivity index (χ3n) is 2.40. The average Bonchev–Trinajstić information content (AvgIpc) is 2.69. The molecule has 0 saturated carbocycles. The first-order valence-electron chi connectivity index (χ1n) is 4.83. The van der Waals surface area contributed by atoms with Gasteiger partial charge in [0.2, 0.25) is 0 Å². The summed E-state index contributed by atoms with van der Waals surface area (Å²) in [4.78, 5) is 11.0. The molecule has 0 aliphatic heterocycles. The van der Waals surface area contributed by atoms with Crippen molar-refractivity contribution in [2.75, 3.05) is 7.11 Å². The number of ether oxygens (including phenoxy) is 1. The third kappa shape index (κ3) is 2.01. The number of hydrogen-bond donors (Lipinski definition) is 0. The van der Waals surface area contributed by atoms with E-state index in [1.54, 1.807) is 0 Å². The maximum atomic E-state index is 11.0. The summed E-state index contributed by atoms with van der Waals surface area (Å²) >= 11 is 0. The van der Waals surface area contributed by atoms with Crippen molar-refractivity contribution in [2.45, 2.75) is 13.0 Å². The fourth-order valence-corrected chi connectivity index (χ4v) is 1.58. The van der Waals surface area contributed by atoms with Gasteiger partial charge in [0.1, 0.15) is 0 Å². The van der Waals surface area contributed by atoms with Crippen LogP contribution in [0.3, 0.4) is 0 Å². The van der Waals surface area contributed by atoms with Gasteiger partial charge in [-0.05, 0) is 23.6 Å². The first-order chi connectivity index (χ1) is 7.31. The molecule has 0 atom stereocenters. The fourth-order valence-electron chi connectivity index (χ4n) is 1.58. The summed E-state index contributed by atoms with van der Waals surface area (Å²) in [5, 5.41) is 1.17. The Bertz CT molecular complexity index is 473. The van der Waals surface area contributed by atoms with Gasteiger partial charge in [0.25, 0.3) is 0 Å². The zero-order chi connectivity index (χ0) is 10.7. The maximum absolute atomic E-state index is 11.0. The summed E-state index contributed by atoms with van der Waals surface area (Å²) < 4.78 is 6.63. The molecule has 0 amide bonds. The van der Waals surface area contributed by atoms with E-state index in [-0.39, 0.29) is 5.97 Å². The number of esters is 1. The highest BCUT2D eigenvalue weighted by molar-refractivity contribution is 5.80. The number of hydrogen-bond acceptors (Lipinski definition) is 2. The van der Waals surface area contributed by atoms with Gasteiger partial charge in [-0.2, -0.15) is 0 Å². The van der Waals surface area contributed by atoms with Crippen LogP contribution in [0.4, 0.5) is 0 Å². The topological polar surface area (TPSA) is 31.2 Å². The van der Waals surface area contributed by atoms with E-state index in [0.29, 0.717) is 13.0 Å². The van der Waals surface area contributed by atoms with E-state index in [1.807, 2.05) is 35.0 Å². The van der Waals surface area contributed by atoms with Crippen molar-refractivity contribution in [3.05, 3.63) is 36.5 Å². The molecule has 3 heteroatoms. The monoisotopic (exact) mass is 202 g/mol. The van der Waals surface area contributed by atoms with Gasteiger partial charge in [-0.25, -0.2) is 0 Å². The maximum Gasteiger partial charge on any atom is 0.307 e. The molecule has 0 N–H and O–H groups in total. The van der Waals surface area contributed by atoms with Gasteiger partial charge in [-0.1, -0.05) is 12.1 Å². The lowest BCUT2D eigenvalue weighted by molar-refractivity contribution is -0.140. The molecule has 15 heavy (non-hydrogen) atoms. The second-order valence-electron chi connectivity index (χ2n) is 3.32.